The Kier molecular flexibility index (Phi) is 2.90. The summed E-state index contributed by atoms with van der Waals surface area (Å²) in [5.74, 6) is -0.790. The Bertz CT molecular complexity index is 515. The van der Waals surface area contributed by atoms with Gasteiger partial charge in [0.2, 0.25) is 0 Å². The Labute approximate surface area is 101 Å². The highest BCUT2D eigenvalue weighted by atomic mass is 127. The van der Waals surface area contributed by atoms with E-state index in [4.69, 9.17) is 5.11 Å². The summed E-state index contributed by atoms with van der Waals surface area (Å²) in [6.07, 6.45) is 0.0807. The lowest BCUT2D eigenvalue weighted by atomic mass is 10.0. The highest BCUT2D eigenvalue weighted by Gasteiger charge is 2.07. The standard InChI is InChI=1S/C12H9IO2/c13-10-6-2-4-8-3-1-5-9(12(8)10)7-11(14)15/h1-6H,7H2,(H,14,15). The predicted molar refractivity (Wildman–Crippen MR) is 68.0 cm³/mol. The second-order valence-corrected chi connectivity index (χ2v) is 4.49. The van der Waals surface area contributed by atoms with Gasteiger partial charge >= 0.3 is 5.97 Å². The van der Waals surface area contributed by atoms with E-state index in [9.17, 15) is 4.79 Å². The number of carboxylic acid groups (broad SMARTS) is 1. The Balaban J connectivity index is 2.68. The first kappa shape index (κ1) is 10.4. The molecule has 0 saturated carbocycles. The number of fused-ring (bicyclic) bond motifs is 1. The zero-order chi connectivity index (χ0) is 10.8. The van der Waals surface area contributed by atoms with Crippen LogP contribution in [0.5, 0.6) is 0 Å². The van der Waals surface area contributed by atoms with Crippen LogP contribution in [0.3, 0.4) is 0 Å². The average Bonchev–Trinajstić information content (AvgIpc) is 2.17. The number of hydrogen-bond donors (Lipinski definition) is 1. The molecule has 0 fully saturated rings. The first-order valence-corrected chi connectivity index (χ1v) is 5.64. The van der Waals surface area contributed by atoms with Crippen molar-refractivity contribution in [1.29, 1.82) is 0 Å². The van der Waals surface area contributed by atoms with Crippen LogP contribution in [-0.4, -0.2) is 11.1 Å². The zero-order valence-electron chi connectivity index (χ0n) is 7.90. The molecule has 2 aromatic rings. The zero-order valence-corrected chi connectivity index (χ0v) is 10.1. The molecule has 0 aromatic heterocycles. The van der Waals surface area contributed by atoms with Crippen molar-refractivity contribution in [2.45, 2.75) is 6.42 Å². The molecule has 0 heterocycles. The van der Waals surface area contributed by atoms with Gasteiger partial charge in [-0.05, 0) is 45.0 Å². The summed E-state index contributed by atoms with van der Waals surface area (Å²) in [5.41, 5.74) is 0.880. The summed E-state index contributed by atoms with van der Waals surface area (Å²) in [7, 11) is 0. The monoisotopic (exact) mass is 312 g/mol. The molecule has 2 rings (SSSR count). The molecule has 0 aliphatic rings. The van der Waals surface area contributed by atoms with Gasteiger partial charge in [-0.2, -0.15) is 0 Å². The maximum absolute atomic E-state index is 10.7. The van der Waals surface area contributed by atoms with Gasteiger partial charge in [-0.25, -0.2) is 0 Å². The van der Waals surface area contributed by atoms with Crippen LogP contribution in [0.25, 0.3) is 10.8 Å². The predicted octanol–water partition coefficient (Wildman–Crippen LogP) is 3.07. The highest BCUT2D eigenvalue weighted by molar-refractivity contribution is 14.1. The second kappa shape index (κ2) is 4.18. The van der Waals surface area contributed by atoms with Crippen molar-refractivity contribution in [2.24, 2.45) is 0 Å². The largest absolute Gasteiger partial charge is 0.481 e. The van der Waals surface area contributed by atoms with Crippen LogP contribution in [-0.2, 0) is 11.2 Å². The number of carbonyl (C=O) groups is 1. The molecular weight excluding hydrogens is 303 g/mol. The van der Waals surface area contributed by atoms with Gasteiger partial charge in [0.05, 0.1) is 6.42 Å². The fourth-order valence-electron chi connectivity index (χ4n) is 1.68. The van der Waals surface area contributed by atoms with Crippen molar-refractivity contribution >= 4 is 39.3 Å². The molecule has 2 aromatic carbocycles. The number of carboxylic acids is 1. The van der Waals surface area contributed by atoms with Crippen LogP contribution in [0.2, 0.25) is 0 Å². The highest BCUT2D eigenvalue weighted by Crippen LogP contribution is 2.24. The van der Waals surface area contributed by atoms with E-state index in [1.54, 1.807) is 0 Å². The van der Waals surface area contributed by atoms with E-state index < -0.39 is 5.97 Å². The van der Waals surface area contributed by atoms with Crippen molar-refractivity contribution < 1.29 is 9.90 Å². The maximum Gasteiger partial charge on any atom is 0.307 e. The van der Waals surface area contributed by atoms with E-state index >= 15 is 0 Å². The van der Waals surface area contributed by atoms with Gasteiger partial charge in [0.15, 0.2) is 0 Å². The molecule has 76 valence electrons. The SMILES string of the molecule is O=C(O)Cc1cccc2cccc(I)c12. The number of benzene rings is 2. The molecule has 0 saturated heterocycles. The lowest BCUT2D eigenvalue weighted by molar-refractivity contribution is -0.136. The molecular formula is C12H9IO2. The van der Waals surface area contributed by atoms with E-state index in [2.05, 4.69) is 22.6 Å². The molecule has 1 N–H and O–H groups in total. The van der Waals surface area contributed by atoms with Crippen molar-refractivity contribution in [3.63, 3.8) is 0 Å². The summed E-state index contributed by atoms with van der Waals surface area (Å²) in [5, 5.41) is 11.0. The quantitative estimate of drug-likeness (QED) is 0.865. The minimum Gasteiger partial charge on any atom is -0.481 e. The summed E-state index contributed by atoms with van der Waals surface area (Å²) in [4.78, 5) is 10.7. The number of aliphatic carboxylic acids is 1. The second-order valence-electron chi connectivity index (χ2n) is 3.33. The van der Waals surface area contributed by atoms with Crippen LogP contribution in [0, 0.1) is 3.57 Å². The van der Waals surface area contributed by atoms with Crippen LogP contribution in [0.4, 0.5) is 0 Å². The molecule has 0 unspecified atom stereocenters. The number of halogens is 1. The first-order valence-electron chi connectivity index (χ1n) is 4.56. The average molecular weight is 312 g/mol. The number of rotatable bonds is 2. The van der Waals surface area contributed by atoms with Crippen LogP contribution in [0.15, 0.2) is 36.4 Å². The minimum atomic E-state index is -0.790. The third-order valence-corrected chi connectivity index (χ3v) is 3.18. The lowest BCUT2D eigenvalue weighted by Crippen LogP contribution is -2.01. The molecule has 3 heteroatoms. The molecule has 0 aliphatic heterocycles. The van der Waals surface area contributed by atoms with Crippen molar-refractivity contribution in [3.05, 3.63) is 45.5 Å². The first-order chi connectivity index (χ1) is 7.18. The molecule has 15 heavy (non-hydrogen) atoms. The summed E-state index contributed by atoms with van der Waals surface area (Å²) >= 11 is 2.24. The Morgan fingerprint density at radius 1 is 1.20 bits per heavy atom. The third kappa shape index (κ3) is 2.12. The van der Waals surface area contributed by atoms with Gasteiger partial charge < -0.3 is 5.11 Å². The van der Waals surface area contributed by atoms with E-state index in [-0.39, 0.29) is 6.42 Å². The van der Waals surface area contributed by atoms with Crippen LogP contribution < -0.4 is 0 Å². The number of hydrogen-bond acceptors (Lipinski definition) is 1. The summed E-state index contributed by atoms with van der Waals surface area (Å²) in [6, 6.07) is 11.8. The molecule has 0 atom stereocenters. The van der Waals surface area contributed by atoms with E-state index in [0.717, 1.165) is 19.9 Å². The topological polar surface area (TPSA) is 37.3 Å². The smallest absolute Gasteiger partial charge is 0.307 e. The van der Waals surface area contributed by atoms with Gasteiger partial charge in [-0.3, -0.25) is 4.79 Å². The van der Waals surface area contributed by atoms with Crippen molar-refractivity contribution in [2.75, 3.05) is 0 Å². The molecule has 0 amide bonds. The van der Waals surface area contributed by atoms with Crippen molar-refractivity contribution in [1.82, 2.24) is 0 Å². The minimum absolute atomic E-state index is 0.0807. The van der Waals surface area contributed by atoms with E-state index in [0.29, 0.717) is 0 Å². The normalized spacial score (nSPS) is 10.5. The summed E-state index contributed by atoms with van der Waals surface area (Å²) in [6.45, 7) is 0. The van der Waals surface area contributed by atoms with Gasteiger partial charge in [-0.15, -0.1) is 0 Å². The van der Waals surface area contributed by atoms with Gasteiger partial charge in [-0.1, -0.05) is 30.3 Å². The molecule has 0 radical (unpaired) electrons. The maximum atomic E-state index is 10.7. The molecule has 0 aliphatic carbocycles. The third-order valence-electron chi connectivity index (χ3n) is 2.28. The molecule has 0 spiro atoms. The Morgan fingerprint density at radius 3 is 2.53 bits per heavy atom. The molecule has 2 nitrogen and oxygen atoms in total. The Hall–Kier alpha value is -1.10. The van der Waals surface area contributed by atoms with Gasteiger partial charge in [0.1, 0.15) is 0 Å². The fourth-order valence-corrected chi connectivity index (χ4v) is 2.55. The fraction of sp³-hybridized carbons (Fsp3) is 0.0833. The molecule has 0 bridgehead atoms. The van der Waals surface area contributed by atoms with Crippen LogP contribution >= 0.6 is 22.6 Å². The lowest BCUT2D eigenvalue weighted by Gasteiger charge is -2.05. The van der Waals surface area contributed by atoms with E-state index in [1.165, 1.54) is 0 Å². The Morgan fingerprint density at radius 2 is 1.87 bits per heavy atom. The van der Waals surface area contributed by atoms with E-state index in [1.807, 2.05) is 36.4 Å². The van der Waals surface area contributed by atoms with Crippen LogP contribution in [0.1, 0.15) is 5.56 Å². The van der Waals surface area contributed by atoms with Gasteiger partial charge in [0.25, 0.3) is 0 Å². The van der Waals surface area contributed by atoms with Gasteiger partial charge in [0, 0.05) is 3.57 Å². The summed E-state index contributed by atoms with van der Waals surface area (Å²) < 4.78 is 1.10. The van der Waals surface area contributed by atoms with Crippen molar-refractivity contribution in [3.8, 4) is 0 Å².